The molecule has 2 aromatic carbocycles. The van der Waals surface area contributed by atoms with Crippen molar-refractivity contribution in [1.29, 1.82) is 0 Å². The maximum absolute atomic E-state index is 13.7. The Kier molecular flexibility index (Phi) is 6.15. The minimum absolute atomic E-state index is 0.0940. The van der Waals surface area contributed by atoms with E-state index in [2.05, 4.69) is 30.8 Å². The molecule has 0 aliphatic heterocycles. The van der Waals surface area contributed by atoms with Crippen LogP contribution in [0.1, 0.15) is 11.4 Å². The fourth-order valence-electron chi connectivity index (χ4n) is 2.49. The van der Waals surface area contributed by atoms with Crippen LogP contribution in [0.5, 0.6) is 5.75 Å². The zero-order valence-electron chi connectivity index (χ0n) is 15.5. The summed E-state index contributed by atoms with van der Waals surface area (Å²) in [5.41, 5.74) is 1.07. The number of hydrogen-bond acceptors (Lipinski definition) is 4. The lowest BCUT2D eigenvalue weighted by atomic mass is 10.2. The summed E-state index contributed by atoms with van der Waals surface area (Å²) >= 11 is 0. The van der Waals surface area contributed by atoms with Crippen molar-refractivity contribution >= 4 is 5.96 Å². The third-order valence-electron chi connectivity index (χ3n) is 3.98. The maximum Gasteiger partial charge on any atom is 0.191 e. The normalized spacial score (nSPS) is 11.4. The number of aliphatic imine (C=N–C) groups is 1. The molecule has 0 saturated heterocycles. The molecule has 3 aromatic rings. The molecule has 0 radical (unpaired) electrons. The van der Waals surface area contributed by atoms with Crippen LogP contribution in [-0.4, -0.2) is 35.3 Å². The van der Waals surface area contributed by atoms with E-state index in [4.69, 9.17) is 4.74 Å². The van der Waals surface area contributed by atoms with Gasteiger partial charge in [0.2, 0.25) is 0 Å². The largest absolute Gasteiger partial charge is 0.497 e. The van der Waals surface area contributed by atoms with E-state index in [0.29, 0.717) is 24.2 Å². The van der Waals surface area contributed by atoms with Gasteiger partial charge in [0, 0.05) is 24.7 Å². The number of methoxy groups -OCH3 is 1. The smallest absolute Gasteiger partial charge is 0.191 e. The zero-order valence-corrected chi connectivity index (χ0v) is 15.5. The molecule has 0 atom stereocenters. The summed E-state index contributed by atoms with van der Waals surface area (Å²) in [4.78, 5) is 8.48. The van der Waals surface area contributed by atoms with Gasteiger partial charge in [0.15, 0.2) is 11.8 Å². The second kappa shape index (κ2) is 8.94. The molecule has 3 N–H and O–H groups in total. The van der Waals surface area contributed by atoms with Crippen molar-refractivity contribution in [3.05, 3.63) is 65.5 Å². The molecule has 0 unspecified atom stereocenters. The summed E-state index contributed by atoms with van der Waals surface area (Å²) in [5.74, 6) is 1.37. The number of benzene rings is 2. The Morgan fingerprint density at radius 3 is 2.57 bits per heavy atom. The molecule has 0 bridgehead atoms. The Morgan fingerprint density at radius 2 is 1.86 bits per heavy atom. The van der Waals surface area contributed by atoms with Crippen LogP contribution < -0.4 is 15.4 Å². The van der Waals surface area contributed by atoms with Crippen LogP contribution in [0.3, 0.4) is 0 Å². The minimum atomic E-state index is -0.492. The number of guanidine groups is 1. The first-order chi connectivity index (χ1) is 13.6. The highest BCUT2D eigenvalue weighted by molar-refractivity contribution is 5.79. The average Bonchev–Trinajstić information content (AvgIpc) is 3.19. The molecule has 9 heteroatoms. The van der Waals surface area contributed by atoms with Gasteiger partial charge in [0.05, 0.1) is 13.7 Å². The molecule has 3 rings (SSSR count). The van der Waals surface area contributed by atoms with Crippen molar-refractivity contribution in [2.24, 2.45) is 4.99 Å². The standard InChI is InChI=1S/C19H20F2N6O/c1-22-19(23-10-13-9-14(20)5-8-16(13)21)24-11-17-25-18(27-26-17)12-3-6-15(28-2)7-4-12/h3-9H,10-11H2,1-2H3,(H2,22,23,24)(H,25,26,27). The third-order valence-corrected chi connectivity index (χ3v) is 3.98. The number of rotatable bonds is 6. The van der Waals surface area contributed by atoms with Gasteiger partial charge in [-0.1, -0.05) is 0 Å². The van der Waals surface area contributed by atoms with E-state index < -0.39 is 11.6 Å². The van der Waals surface area contributed by atoms with Crippen LogP contribution in [0, 0.1) is 11.6 Å². The van der Waals surface area contributed by atoms with E-state index >= 15 is 0 Å². The number of halogens is 2. The highest BCUT2D eigenvalue weighted by Crippen LogP contribution is 2.18. The van der Waals surface area contributed by atoms with Crippen LogP contribution in [0.2, 0.25) is 0 Å². The van der Waals surface area contributed by atoms with Crippen molar-refractivity contribution < 1.29 is 13.5 Å². The van der Waals surface area contributed by atoms with Crippen molar-refractivity contribution in [1.82, 2.24) is 25.8 Å². The van der Waals surface area contributed by atoms with E-state index in [1.165, 1.54) is 0 Å². The Bertz CT molecular complexity index is 955. The summed E-state index contributed by atoms with van der Waals surface area (Å²) in [6.07, 6.45) is 0. The van der Waals surface area contributed by atoms with E-state index in [1.54, 1.807) is 14.2 Å². The SMILES string of the molecule is CN=C(NCc1nc(-c2ccc(OC)cc2)n[nH]1)NCc1cc(F)ccc1F. The third kappa shape index (κ3) is 4.81. The van der Waals surface area contributed by atoms with E-state index in [0.717, 1.165) is 29.5 Å². The van der Waals surface area contributed by atoms with Gasteiger partial charge in [-0.15, -0.1) is 0 Å². The predicted molar refractivity (Wildman–Crippen MR) is 102 cm³/mol. The zero-order chi connectivity index (χ0) is 19.9. The molecular formula is C19H20F2N6O. The Morgan fingerprint density at radius 1 is 1.11 bits per heavy atom. The van der Waals surface area contributed by atoms with Gasteiger partial charge in [-0.25, -0.2) is 13.8 Å². The molecule has 0 fully saturated rings. The van der Waals surface area contributed by atoms with Crippen molar-refractivity contribution in [2.75, 3.05) is 14.2 Å². The number of H-pyrrole nitrogens is 1. The molecule has 1 aromatic heterocycles. The maximum atomic E-state index is 13.7. The summed E-state index contributed by atoms with van der Waals surface area (Å²) in [6, 6.07) is 10.7. The molecule has 0 saturated carbocycles. The van der Waals surface area contributed by atoms with Gasteiger partial charge in [0.1, 0.15) is 23.2 Å². The Balaban J connectivity index is 1.56. The van der Waals surface area contributed by atoms with Gasteiger partial charge in [-0.3, -0.25) is 10.1 Å². The summed E-state index contributed by atoms with van der Waals surface area (Å²) in [6.45, 7) is 0.422. The average molecular weight is 386 g/mol. The van der Waals surface area contributed by atoms with E-state index in [1.807, 2.05) is 24.3 Å². The van der Waals surface area contributed by atoms with E-state index in [9.17, 15) is 8.78 Å². The second-order valence-electron chi connectivity index (χ2n) is 5.85. The summed E-state index contributed by atoms with van der Waals surface area (Å²) < 4.78 is 32.1. The molecule has 0 amide bonds. The summed E-state index contributed by atoms with van der Waals surface area (Å²) in [5, 5.41) is 13.0. The molecule has 0 spiro atoms. The van der Waals surface area contributed by atoms with Crippen LogP contribution in [0.25, 0.3) is 11.4 Å². The number of nitrogens with one attached hydrogen (secondary N) is 3. The summed E-state index contributed by atoms with van der Waals surface area (Å²) in [7, 11) is 3.19. The topological polar surface area (TPSA) is 87.2 Å². The number of aromatic nitrogens is 3. The van der Waals surface area contributed by atoms with Gasteiger partial charge >= 0.3 is 0 Å². The lowest BCUT2D eigenvalue weighted by Gasteiger charge is -2.11. The number of hydrogen-bond donors (Lipinski definition) is 3. The van der Waals surface area contributed by atoms with Crippen LogP contribution >= 0.6 is 0 Å². The highest BCUT2D eigenvalue weighted by Gasteiger charge is 2.08. The number of ether oxygens (including phenoxy) is 1. The lowest BCUT2D eigenvalue weighted by Crippen LogP contribution is -2.36. The van der Waals surface area contributed by atoms with Crippen molar-refractivity contribution in [2.45, 2.75) is 13.1 Å². The molecule has 7 nitrogen and oxygen atoms in total. The predicted octanol–water partition coefficient (Wildman–Crippen LogP) is 2.62. The first-order valence-electron chi connectivity index (χ1n) is 8.53. The number of nitrogens with zero attached hydrogens (tertiary/aromatic N) is 3. The first-order valence-corrected chi connectivity index (χ1v) is 8.53. The molecule has 1 heterocycles. The van der Waals surface area contributed by atoms with Crippen molar-refractivity contribution in [3.63, 3.8) is 0 Å². The molecule has 28 heavy (non-hydrogen) atoms. The minimum Gasteiger partial charge on any atom is -0.497 e. The quantitative estimate of drug-likeness (QED) is 0.448. The van der Waals surface area contributed by atoms with E-state index in [-0.39, 0.29) is 12.1 Å². The van der Waals surface area contributed by atoms with Gasteiger partial charge in [-0.2, -0.15) is 5.10 Å². The first kappa shape index (κ1) is 19.3. The molecule has 146 valence electrons. The van der Waals surface area contributed by atoms with Crippen LogP contribution in [0.15, 0.2) is 47.5 Å². The Hall–Kier alpha value is -3.49. The van der Waals surface area contributed by atoms with Crippen LogP contribution in [0.4, 0.5) is 8.78 Å². The molecule has 0 aliphatic rings. The lowest BCUT2D eigenvalue weighted by molar-refractivity contribution is 0.415. The van der Waals surface area contributed by atoms with Gasteiger partial charge in [-0.05, 0) is 42.5 Å². The van der Waals surface area contributed by atoms with Crippen molar-refractivity contribution in [3.8, 4) is 17.1 Å². The molecule has 0 aliphatic carbocycles. The fourth-order valence-corrected chi connectivity index (χ4v) is 2.49. The fraction of sp³-hybridized carbons (Fsp3) is 0.211. The van der Waals surface area contributed by atoms with Gasteiger partial charge < -0.3 is 15.4 Å². The highest BCUT2D eigenvalue weighted by atomic mass is 19.1. The second-order valence-corrected chi connectivity index (χ2v) is 5.85. The van der Waals surface area contributed by atoms with Gasteiger partial charge in [0.25, 0.3) is 0 Å². The number of aromatic amines is 1. The molecular weight excluding hydrogens is 366 g/mol. The Labute approximate surface area is 160 Å². The van der Waals surface area contributed by atoms with Crippen LogP contribution in [-0.2, 0) is 13.1 Å². The monoisotopic (exact) mass is 386 g/mol.